The molecule has 0 spiro atoms. The molecule has 0 bridgehead atoms. The first-order valence-corrected chi connectivity index (χ1v) is 9.01. The third-order valence-corrected chi connectivity index (χ3v) is 3.88. The Hall–Kier alpha value is -2.95. The molecule has 0 atom stereocenters. The predicted octanol–water partition coefficient (Wildman–Crippen LogP) is 4.89. The minimum atomic E-state index is -0.459. The van der Waals surface area contributed by atoms with E-state index in [0.717, 1.165) is 24.8 Å². The summed E-state index contributed by atoms with van der Waals surface area (Å²) in [6.45, 7) is 2.81. The summed E-state index contributed by atoms with van der Waals surface area (Å²) >= 11 is 0. The van der Waals surface area contributed by atoms with Crippen molar-refractivity contribution in [3.8, 4) is 23.0 Å². The van der Waals surface area contributed by atoms with Crippen LogP contribution < -0.4 is 18.9 Å². The number of ether oxygens (including phenoxy) is 4. The van der Waals surface area contributed by atoms with Crippen LogP contribution >= 0.6 is 0 Å². The summed E-state index contributed by atoms with van der Waals surface area (Å²) < 4.78 is 21.5. The molecule has 0 unspecified atom stereocenters. The van der Waals surface area contributed by atoms with Gasteiger partial charge in [-0.15, -0.1) is 0 Å². The molecule has 0 saturated heterocycles. The molecule has 0 amide bonds. The van der Waals surface area contributed by atoms with Crippen molar-refractivity contribution in [2.45, 2.75) is 26.2 Å². The minimum absolute atomic E-state index is 0.457. The lowest BCUT2D eigenvalue weighted by Gasteiger charge is -2.11. The van der Waals surface area contributed by atoms with Crippen LogP contribution in [0.1, 0.15) is 31.7 Å². The van der Waals surface area contributed by atoms with Crippen molar-refractivity contribution in [2.24, 2.45) is 0 Å². The topological polar surface area (TPSA) is 54.0 Å². The average molecular weight is 370 g/mol. The van der Waals surface area contributed by atoms with Gasteiger partial charge in [0.2, 0.25) is 0 Å². The molecule has 2 aromatic carbocycles. The second kappa shape index (κ2) is 10.9. The van der Waals surface area contributed by atoms with Gasteiger partial charge in [0.15, 0.2) is 11.5 Å². The van der Waals surface area contributed by atoms with Crippen LogP contribution in [-0.2, 0) is 4.79 Å². The Bertz CT molecular complexity index is 750. The number of hydrogen-bond donors (Lipinski definition) is 0. The summed E-state index contributed by atoms with van der Waals surface area (Å²) in [4.78, 5) is 12.0. The van der Waals surface area contributed by atoms with Gasteiger partial charge in [0.05, 0.1) is 20.8 Å². The highest BCUT2D eigenvalue weighted by molar-refractivity contribution is 5.88. The monoisotopic (exact) mass is 370 g/mol. The fourth-order valence-electron chi connectivity index (χ4n) is 2.40. The molecule has 0 radical (unpaired) electrons. The van der Waals surface area contributed by atoms with Crippen LogP contribution in [0.25, 0.3) is 6.08 Å². The smallest absolute Gasteiger partial charge is 0.336 e. The van der Waals surface area contributed by atoms with E-state index in [4.69, 9.17) is 18.9 Å². The van der Waals surface area contributed by atoms with Crippen LogP contribution in [0.2, 0.25) is 0 Å². The Morgan fingerprint density at radius 3 is 2.33 bits per heavy atom. The van der Waals surface area contributed by atoms with Crippen LogP contribution in [0, 0.1) is 0 Å². The van der Waals surface area contributed by atoms with E-state index >= 15 is 0 Å². The molecule has 27 heavy (non-hydrogen) atoms. The van der Waals surface area contributed by atoms with E-state index in [0.29, 0.717) is 29.6 Å². The van der Waals surface area contributed by atoms with Gasteiger partial charge in [-0.2, -0.15) is 0 Å². The maximum atomic E-state index is 12.0. The average Bonchev–Trinajstić information content (AvgIpc) is 2.70. The van der Waals surface area contributed by atoms with E-state index in [1.165, 1.54) is 6.08 Å². The van der Waals surface area contributed by atoms with Crippen LogP contribution in [-0.4, -0.2) is 26.8 Å². The van der Waals surface area contributed by atoms with Gasteiger partial charge in [0, 0.05) is 6.08 Å². The van der Waals surface area contributed by atoms with E-state index in [-0.39, 0.29) is 0 Å². The van der Waals surface area contributed by atoms with Crippen LogP contribution in [0.4, 0.5) is 0 Å². The molecular formula is C22H26O5. The highest BCUT2D eigenvalue weighted by Gasteiger charge is 2.06. The first kappa shape index (κ1) is 20.4. The zero-order valence-electron chi connectivity index (χ0n) is 16.1. The molecule has 0 aromatic heterocycles. The normalized spacial score (nSPS) is 10.6. The molecule has 0 saturated carbocycles. The van der Waals surface area contributed by atoms with Crippen molar-refractivity contribution in [1.82, 2.24) is 0 Å². The number of rotatable bonds is 10. The number of carbonyl (C=O) groups excluding carboxylic acids is 1. The number of hydrogen-bond acceptors (Lipinski definition) is 5. The van der Waals surface area contributed by atoms with E-state index in [2.05, 4.69) is 6.92 Å². The predicted molar refractivity (Wildman–Crippen MR) is 106 cm³/mol. The number of benzene rings is 2. The Morgan fingerprint density at radius 1 is 0.926 bits per heavy atom. The molecule has 0 N–H and O–H groups in total. The highest BCUT2D eigenvalue weighted by atomic mass is 16.5. The zero-order chi connectivity index (χ0) is 19.5. The molecule has 0 aliphatic carbocycles. The highest BCUT2D eigenvalue weighted by Crippen LogP contribution is 2.29. The van der Waals surface area contributed by atoms with E-state index in [1.807, 2.05) is 18.2 Å². The van der Waals surface area contributed by atoms with Gasteiger partial charge in [-0.25, -0.2) is 4.79 Å². The maximum absolute atomic E-state index is 12.0. The van der Waals surface area contributed by atoms with Crippen molar-refractivity contribution >= 4 is 12.0 Å². The molecule has 5 nitrogen and oxygen atoms in total. The molecule has 0 heterocycles. The molecule has 0 fully saturated rings. The Kier molecular flexibility index (Phi) is 8.23. The van der Waals surface area contributed by atoms with Gasteiger partial charge >= 0.3 is 5.97 Å². The second-order valence-electron chi connectivity index (χ2n) is 5.90. The van der Waals surface area contributed by atoms with Gasteiger partial charge in [-0.1, -0.05) is 25.8 Å². The maximum Gasteiger partial charge on any atom is 0.336 e. The largest absolute Gasteiger partial charge is 0.497 e. The summed E-state index contributed by atoms with van der Waals surface area (Å²) in [5.74, 6) is 2.04. The lowest BCUT2D eigenvalue weighted by molar-refractivity contribution is -0.128. The second-order valence-corrected chi connectivity index (χ2v) is 5.90. The zero-order valence-corrected chi connectivity index (χ0v) is 16.1. The first-order chi connectivity index (χ1) is 13.2. The summed E-state index contributed by atoms with van der Waals surface area (Å²) in [6, 6.07) is 12.4. The van der Waals surface area contributed by atoms with Crippen molar-refractivity contribution < 1.29 is 23.7 Å². The van der Waals surface area contributed by atoms with Crippen molar-refractivity contribution in [2.75, 3.05) is 20.8 Å². The summed E-state index contributed by atoms with van der Waals surface area (Å²) in [6.07, 6.45) is 6.35. The van der Waals surface area contributed by atoms with Gasteiger partial charge in [0.1, 0.15) is 11.5 Å². The summed E-state index contributed by atoms with van der Waals surface area (Å²) in [5.41, 5.74) is 0.819. The third kappa shape index (κ3) is 6.70. The van der Waals surface area contributed by atoms with Gasteiger partial charge in [-0.05, 0) is 54.5 Å². The van der Waals surface area contributed by atoms with Crippen LogP contribution in [0.15, 0.2) is 48.5 Å². The van der Waals surface area contributed by atoms with Crippen molar-refractivity contribution in [3.63, 3.8) is 0 Å². The van der Waals surface area contributed by atoms with Crippen LogP contribution in [0.3, 0.4) is 0 Å². The number of esters is 1. The number of unbranched alkanes of at least 4 members (excludes halogenated alkanes) is 2. The number of carbonyl (C=O) groups is 1. The quantitative estimate of drug-likeness (QED) is 0.258. The van der Waals surface area contributed by atoms with E-state index in [1.54, 1.807) is 44.6 Å². The molecule has 0 aliphatic heterocycles. The lowest BCUT2D eigenvalue weighted by Crippen LogP contribution is -2.03. The molecular weight excluding hydrogens is 344 g/mol. The van der Waals surface area contributed by atoms with Gasteiger partial charge in [0.25, 0.3) is 0 Å². The van der Waals surface area contributed by atoms with E-state index in [9.17, 15) is 4.79 Å². The third-order valence-electron chi connectivity index (χ3n) is 3.88. The van der Waals surface area contributed by atoms with Crippen LogP contribution in [0.5, 0.6) is 23.0 Å². The van der Waals surface area contributed by atoms with Crippen molar-refractivity contribution in [3.05, 3.63) is 54.1 Å². The Morgan fingerprint density at radius 2 is 1.67 bits per heavy atom. The van der Waals surface area contributed by atoms with Gasteiger partial charge in [-0.3, -0.25) is 0 Å². The molecule has 5 heteroatoms. The Labute approximate surface area is 160 Å². The molecule has 144 valence electrons. The lowest BCUT2D eigenvalue weighted by atomic mass is 10.2. The molecule has 2 aromatic rings. The molecule has 2 rings (SSSR count). The van der Waals surface area contributed by atoms with E-state index < -0.39 is 5.97 Å². The minimum Gasteiger partial charge on any atom is -0.497 e. The summed E-state index contributed by atoms with van der Waals surface area (Å²) in [7, 11) is 3.18. The van der Waals surface area contributed by atoms with Gasteiger partial charge < -0.3 is 18.9 Å². The summed E-state index contributed by atoms with van der Waals surface area (Å²) in [5, 5.41) is 0. The molecule has 0 aliphatic rings. The standard InChI is InChI=1S/C22H26O5/c1-4-5-6-15-26-20-13-7-17(16-21(20)25-3)8-14-22(23)27-19-11-9-18(24-2)10-12-19/h7-14,16H,4-6,15H2,1-3H3/b14-8+. The van der Waals surface area contributed by atoms with Crippen molar-refractivity contribution in [1.29, 1.82) is 0 Å². The fraction of sp³-hybridized carbons (Fsp3) is 0.318. The Balaban J connectivity index is 1.95. The first-order valence-electron chi connectivity index (χ1n) is 9.01. The fourth-order valence-corrected chi connectivity index (χ4v) is 2.40. The SMILES string of the molecule is CCCCCOc1ccc(/C=C/C(=O)Oc2ccc(OC)cc2)cc1OC. The number of methoxy groups -OCH3 is 2.